The van der Waals surface area contributed by atoms with E-state index in [2.05, 4.69) is 54.6 Å². The van der Waals surface area contributed by atoms with Gasteiger partial charge >= 0.3 is 0 Å². The van der Waals surface area contributed by atoms with Gasteiger partial charge in [0.15, 0.2) is 0 Å². The Morgan fingerprint density at radius 3 is 2.33 bits per heavy atom. The predicted molar refractivity (Wildman–Crippen MR) is 169 cm³/mol. The van der Waals surface area contributed by atoms with Gasteiger partial charge in [-0.15, -0.1) is 12.4 Å². The topological polar surface area (TPSA) is 64.6 Å². The number of amides is 1. The lowest BCUT2D eigenvalue weighted by Gasteiger charge is -2.25. The van der Waals surface area contributed by atoms with Crippen LogP contribution >= 0.6 is 12.4 Å². The number of aryl methyl sites for hydroxylation is 2. The lowest BCUT2D eigenvalue weighted by atomic mass is 9.99. The van der Waals surface area contributed by atoms with E-state index < -0.39 is 23.8 Å². The number of aliphatic hydroxyl groups is 1. The first-order valence-electron chi connectivity index (χ1n) is 14.7. The van der Waals surface area contributed by atoms with Crippen molar-refractivity contribution in [3.63, 3.8) is 0 Å². The quantitative estimate of drug-likeness (QED) is 0.167. The molecule has 3 rings (SSSR count). The molecule has 230 valence electrons. The summed E-state index contributed by atoms with van der Waals surface area (Å²) in [5.41, 5.74) is 5.18. The summed E-state index contributed by atoms with van der Waals surface area (Å²) in [6.45, 7) is 8.69. The smallest absolute Gasteiger partial charge is 0.251 e. The molecule has 0 aliphatic rings. The number of nitrogens with one attached hydrogen (secondary N) is 2. The summed E-state index contributed by atoms with van der Waals surface area (Å²) in [6, 6.07) is 16.5. The maximum atomic E-state index is 13.9. The fourth-order valence-electron chi connectivity index (χ4n) is 5.09. The van der Waals surface area contributed by atoms with Crippen LogP contribution in [0.15, 0.2) is 60.7 Å². The lowest BCUT2D eigenvalue weighted by Crippen LogP contribution is -2.48. The van der Waals surface area contributed by atoms with Crippen molar-refractivity contribution in [2.45, 2.75) is 78.1 Å². The van der Waals surface area contributed by atoms with E-state index in [4.69, 9.17) is 0 Å². The second kappa shape index (κ2) is 18.0. The van der Waals surface area contributed by atoms with Gasteiger partial charge in [-0.2, -0.15) is 0 Å². The number of aliphatic hydroxyl groups excluding tert-OH is 1. The highest BCUT2D eigenvalue weighted by Crippen LogP contribution is 2.16. The average molecular weight is 602 g/mol. The van der Waals surface area contributed by atoms with Crippen LogP contribution in [0.5, 0.6) is 0 Å². The third-order valence-electron chi connectivity index (χ3n) is 7.24. The molecule has 0 fully saturated rings. The first-order chi connectivity index (χ1) is 19.7. The first-order valence-corrected chi connectivity index (χ1v) is 14.7. The molecule has 3 aromatic rings. The fraction of sp³-hybridized carbons (Fsp3) is 0.441. The molecule has 0 aliphatic carbocycles. The van der Waals surface area contributed by atoms with Crippen LogP contribution in [0.1, 0.15) is 71.3 Å². The van der Waals surface area contributed by atoms with Gasteiger partial charge in [0, 0.05) is 31.3 Å². The minimum Gasteiger partial charge on any atom is -0.390 e. The van der Waals surface area contributed by atoms with Gasteiger partial charge < -0.3 is 20.6 Å². The normalized spacial score (nSPS) is 12.6. The molecule has 0 saturated carbocycles. The van der Waals surface area contributed by atoms with E-state index in [-0.39, 0.29) is 31.3 Å². The summed E-state index contributed by atoms with van der Waals surface area (Å²) in [4.78, 5) is 15.7. The minimum absolute atomic E-state index is 0. The zero-order valence-electron chi connectivity index (χ0n) is 25.3. The van der Waals surface area contributed by atoms with Crippen molar-refractivity contribution in [3.05, 3.63) is 106 Å². The monoisotopic (exact) mass is 601 g/mol. The molecule has 8 heteroatoms. The summed E-state index contributed by atoms with van der Waals surface area (Å²) < 4.78 is 27.9. The summed E-state index contributed by atoms with van der Waals surface area (Å²) in [5.74, 6) is -1.72. The molecule has 2 atom stereocenters. The molecule has 0 heterocycles. The van der Waals surface area contributed by atoms with Crippen molar-refractivity contribution in [2.24, 2.45) is 0 Å². The molecule has 0 saturated heterocycles. The van der Waals surface area contributed by atoms with E-state index in [9.17, 15) is 18.7 Å². The molecule has 5 nitrogen and oxygen atoms in total. The van der Waals surface area contributed by atoms with E-state index >= 15 is 0 Å². The number of carbonyl (C=O) groups is 1. The van der Waals surface area contributed by atoms with Crippen molar-refractivity contribution in [1.29, 1.82) is 0 Å². The molecule has 0 aliphatic heterocycles. The van der Waals surface area contributed by atoms with Gasteiger partial charge in [0.25, 0.3) is 5.91 Å². The van der Waals surface area contributed by atoms with E-state index in [1.807, 2.05) is 31.2 Å². The highest BCUT2D eigenvalue weighted by Gasteiger charge is 2.23. The molecule has 0 unspecified atom stereocenters. The average Bonchev–Trinajstić information content (AvgIpc) is 2.92. The van der Waals surface area contributed by atoms with Crippen LogP contribution in [0.25, 0.3) is 0 Å². The zero-order chi connectivity index (χ0) is 29.8. The Kier molecular flexibility index (Phi) is 15.1. The van der Waals surface area contributed by atoms with Gasteiger partial charge in [-0.25, -0.2) is 8.78 Å². The van der Waals surface area contributed by atoms with Crippen molar-refractivity contribution in [3.8, 4) is 0 Å². The molecule has 0 aromatic heterocycles. The van der Waals surface area contributed by atoms with Crippen molar-refractivity contribution in [1.82, 2.24) is 15.5 Å². The number of halogens is 3. The van der Waals surface area contributed by atoms with E-state index in [1.165, 1.54) is 30.5 Å². The van der Waals surface area contributed by atoms with Crippen molar-refractivity contribution in [2.75, 3.05) is 20.1 Å². The Balaban J connectivity index is 0.00000616. The Labute approximate surface area is 256 Å². The summed E-state index contributed by atoms with van der Waals surface area (Å²) >= 11 is 0. The van der Waals surface area contributed by atoms with Crippen LogP contribution in [-0.2, 0) is 25.9 Å². The SMILES string of the molecule is CCCCCN(C)Cc1cc(C)cc(C(=O)N[C@@H](Cc2cc(F)cc(F)c2)[C@H](O)CNCc2cccc(CC)c2)c1.Cl. The van der Waals surface area contributed by atoms with Crippen LogP contribution in [-0.4, -0.2) is 48.2 Å². The maximum absolute atomic E-state index is 13.9. The number of rotatable bonds is 16. The van der Waals surface area contributed by atoms with Gasteiger partial charge in [-0.3, -0.25) is 4.79 Å². The van der Waals surface area contributed by atoms with Crippen molar-refractivity contribution >= 4 is 18.3 Å². The van der Waals surface area contributed by atoms with E-state index in [0.29, 0.717) is 17.7 Å². The molecule has 0 bridgehead atoms. The number of unbranched alkanes of at least 4 members (excludes halogenated alkanes) is 2. The van der Waals surface area contributed by atoms with E-state index in [0.717, 1.165) is 48.7 Å². The summed E-state index contributed by atoms with van der Waals surface area (Å²) in [6.07, 6.45) is 3.50. The molecule has 0 radical (unpaired) electrons. The van der Waals surface area contributed by atoms with Gasteiger partial charge in [0.1, 0.15) is 11.6 Å². The highest BCUT2D eigenvalue weighted by atomic mass is 35.5. The molecular weight excluding hydrogens is 556 g/mol. The number of hydrogen-bond acceptors (Lipinski definition) is 4. The van der Waals surface area contributed by atoms with Crippen LogP contribution in [0, 0.1) is 18.6 Å². The van der Waals surface area contributed by atoms with Gasteiger partial charge in [0.05, 0.1) is 12.1 Å². The number of nitrogens with zero attached hydrogens (tertiary/aromatic N) is 1. The number of hydrogen-bond donors (Lipinski definition) is 3. The summed E-state index contributed by atoms with van der Waals surface area (Å²) in [7, 11) is 2.08. The Morgan fingerprint density at radius 1 is 0.929 bits per heavy atom. The first kappa shape index (κ1) is 35.4. The molecule has 42 heavy (non-hydrogen) atoms. The summed E-state index contributed by atoms with van der Waals surface area (Å²) in [5, 5.41) is 17.4. The van der Waals surface area contributed by atoms with E-state index in [1.54, 1.807) is 0 Å². The van der Waals surface area contributed by atoms with Crippen LogP contribution in [0.3, 0.4) is 0 Å². The fourth-order valence-corrected chi connectivity index (χ4v) is 5.09. The van der Waals surface area contributed by atoms with Crippen LogP contribution < -0.4 is 10.6 Å². The Morgan fingerprint density at radius 2 is 1.64 bits per heavy atom. The van der Waals surface area contributed by atoms with Crippen LogP contribution in [0.4, 0.5) is 8.78 Å². The number of benzene rings is 3. The second-order valence-electron chi connectivity index (χ2n) is 11.1. The zero-order valence-corrected chi connectivity index (χ0v) is 26.1. The molecule has 0 spiro atoms. The predicted octanol–water partition coefficient (Wildman–Crippen LogP) is 6.37. The van der Waals surface area contributed by atoms with Gasteiger partial charge in [-0.1, -0.05) is 62.6 Å². The third kappa shape index (κ3) is 11.8. The Bertz CT molecular complexity index is 1250. The third-order valence-corrected chi connectivity index (χ3v) is 7.24. The highest BCUT2D eigenvalue weighted by molar-refractivity contribution is 5.94. The lowest BCUT2D eigenvalue weighted by molar-refractivity contribution is 0.0829. The number of carbonyl (C=O) groups excluding carboxylic acids is 1. The molecule has 3 N–H and O–H groups in total. The van der Waals surface area contributed by atoms with Gasteiger partial charge in [-0.05, 0) is 86.3 Å². The molecule has 1 amide bonds. The standard InChI is InChI=1S/C34H45F2N3O2.ClH/c1-5-7-8-12-39(4)23-28-13-24(3)14-29(16-28)34(41)38-32(19-27-17-30(35)20-31(36)18-27)33(40)22-37-21-26-11-9-10-25(6-2)15-26;/h9-11,13-18,20,32-33,37,40H,5-8,12,19,21-23H2,1-4H3,(H,38,41);1H/t32-,33+;/m0./s1. The largest absolute Gasteiger partial charge is 0.390 e. The Hall–Kier alpha value is -2.84. The maximum Gasteiger partial charge on any atom is 0.251 e. The van der Waals surface area contributed by atoms with Crippen LogP contribution in [0.2, 0.25) is 0 Å². The van der Waals surface area contributed by atoms with Gasteiger partial charge in [0.2, 0.25) is 0 Å². The minimum atomic E-state index is -0.992. The molecular formula is C34H46ClF2N3O2. The molecule has 3 aromatic carbocycles. The second-order valence-corrected chi connectivity index (χ2v) is 11.1. The van der Waals surface area contributed by atoms with Crippen molar-refractivity contribution < 1.29 is 18.7 Å².